The van der Waals surface area contributed by atoms with Gasteiger partial charge in [0.15, 0.2) is 5.82 Å². The van der Waals surface area contributed by atoms with E-state index in [1.54, 1.807) is 4.68 Å². The van der Waals surface area contributed by atoms with Crippen molar-refractivity contribution in [1.29, 1.82) is 0 Å². The van der Waals surface area contributed by atoms with Crippen LogP contribution in [0.4, 0.5) is 0 Å². The first-order chi connectivity index (χ1) is 16.2. The molecule has 0 radical (unpaired) electrons. The maximum Gasteiger partial charge on any atom is 0.251 e. The molecule has 8 heteroatoms. The number of carbonyl (C=O) groups excluding carboxylic acids is 1. The lowest BCUT2D eigenvalue weighted by molar-refractivity contribution is 0.0342. The molecule has 4 rings (SSSR count). The lowest BCUT2D eigenvalue weighted by atomic mass is 9.95. The molecule has 2 heterocycles. The Hall–Kier alpha value is -3.10. The Morgan fingerprint density at radius 2 is 1.79 bits per heavy atom. The van der Waals surface area contributed by atoms with Crippen LogP contribution in [-0.2, 0) is 10.2 Å². The van der Waals surface area contributed by atoms with Crippen molar-refractivity contribution in [1.82, 2.24) is 30.4 Å². The fraction of sp³-hybridized carbons (Fsp3) is 0.462. The molecule has 0 unspecified atom stereocenters. The molecule has 0 spiro atoms. The Bertz CT molecular complexity index is 1130. The van der Waals surface area contributed by atoms with Gasteiger partial charge in [0.1, 0.15) is 0 Å². The summed E-state index contributed by atoms with van der Waals surface area (Å²) in [6.45, 7) is 14.4. The van der Waals surface area contributed by atoms with E-state index in [2.05, 4.69) is 77.7 Å². The highest BCUT2D eigenvalue weighted by Gasteiger charge is 2.24. The summed E-state index contributed by atoms with van der Waals surface area (Å²) in [6, 6.07) is 14.1. The van der Waals surface area contributed by atoms with E-state index >= 15 is 0 Å². The Morgan fingerprint density at radius 1 is 1.09 bits per heavy atom. The molecule has 1 aromatic heterocycles. The molecule has 1 aliphatic heterocycles. The van der Waals surface area contributed by atoms with E-state index in [4.69, 9.17) is 4.74 Å². The van der Waals surface area contributed by atoms with Gasteiger partial charge in [-0.25, -0.2) is 0 Å². The number of morpholine rings is 1. The van der Waals surface area contributed by atoms with Gasteiger partial charge in [0.25, 0.3) is 5.91 Å². The van der Waals surface area contributed by atoms with Crippen molar-refractivity contribution in [2.45, 2.75) is 46.1 Å². The summed E-state index contributed by atoms with van der Waals surface area (Å²) in [7, 11) is 0. The summed E-state index contributed by atoms with van der Waals surface area (Å²) < 4.78 is 7.16. The first kappa shape index (κ1) is 24.0. The van der Waals surface area contributed by atoms with Crippen molar-refractivity contribution in [3.63, 3.8) is 0 Å². The molecule has 1 N–H and O–H groups in total. The van der Waals surface area contributed by atoms with Crippen LogP contribution in [0.15, 0.2) is 42.5 Å². The number of benzene rings is 2. The largest absolute Gasteiger partial charge is 0.379 e. The maximum absolute atomic E-state index is 13.3. The van der Waals surface area contributed by atoms with E-state index in [-0.39, 0.29) is 17.4 Å². The van der Waals surface area contributed by atoms with Gasteiger partial charge in [0.05, 0.1) is 18.9 Å². The summed E-state index contributed by atoms with van der Waals surface area (Å²) in [5, 5.41) is 15.6. The first-order valence-corrected chi connectivity index (χ1v) is 11.8. The topological polar surface area (TPSA) is 85.2 Å². The number of rotatable bonds is 6. The average Bonchev–Trinajstić information content (AvgIpc) is 3.31. The number of aromatic nitrogens is 4. The van der Waals surface area contributed by atoms with Gasteiger partial charge in [-0.3, -0.25) is 9.69 Å². The summed E-state index contributed by atoms with van der Waals surface area (Å²) in [4.78, 5) is 15.6. The standard InChI is InChI=1S/C26H34N6O2/c1-18-6-8-20(9-7-18)21-14-22(24(33)27-19(2)17-31-10-12-34-13-11-31)16-23(15-21)32-25(26(3,4)5)28-29-30-32/h6-9,14-16,19H,10-13,17H2,1-5H3,(H,27,33)/t19-/m1/s1. The van der Waals surface area contributed by atoms with E-state index in [1.165, 1.54) is 5.56 Å². The Morgan fingerprint density at radius 3 is 2.47 bits per heavy atom. The molecular formula is C26H34N6O2. The van der Waals surface area contributed by atoms with Crippen LogP contribution < -0.4 is 5.32 Å². The summed E-state index contributed by atoms with van der Waals surface area (Å²) in [5.41, 5.74) is 4.26. The van der Waals surface area contributed by atoms with Crippen molar-refractivity contribution in [2.24, 2.45) is 0 Å². The van der Waals surface area contributed by atoms with E-state index in [0.29, 0.717) is 5.56 Å². The average molecular weight is 463 g/mol. The van der Waals surface area contributed by atoms with Crippen molar-refractivity contribution in [3.05, 3.63) is 59.4 Å². The lowest BCUT2D eigenvalue weighted by Gasteiger charge is -2.29. The molecule has 8 nitrogen and oxygen atoms in total. The van der Waals surface area contributed by atoms with Crippen molar-refractivity contribution in [3.8, 4) is 16.8 Å². The minimum atomic E-state index is -0.252. The van der Waals surface area contributed by atoms with Crippen LogP contribution >= 0.6 is 0 Å². The molecular weight excluding hydrogens is 428 g/mol. The molecule has 0 bridgehead atoms. The minimum Gasteiger partial charge on any atom is -0.379 e. The second-order valence-electron chi connectivity index (χ2n) is 10.1. The molecule has 1 aliphatic rings. The highest BCUT2D eigenvalue weighted by atomic mass is 16.5. The van der Waals surface area contributed by atoms with Crippen LogP contribution in [0.25, 0.3) is 16.8 Å². The maximum atomic E-state index is 13.3. The highest BCUT2D eigenvalue weighted by molar-refractivity contribution is 5.96. The van der Waals surface area contributed by atoms with Gasteiger partial charge in [-0.1, -0.05) is 50.6 Å². The van der Waals surface area contributed by atoms with Crippen molar-refractivity contribution in [2.75, 3.05) is 32.8 Å². The van der Waals surface area contributed by atoms with E-state index in [1.807, 2.05) is 25.1 Å². The molecule has 0 saturated carbocycles. The summed E-state index contributed by atoms with van der Waals surface area (Å²) in [6.07, 6.45) is 0. The van der Waals surface area contributed by atoms with Crippen LogP contribution in [0.3, 0.4) is 0 Å². The Labute approximate surface area is 201 Å². The fourth-order valence-electron chi connectivity index (χ4n) is 4.13. The number of nitrogens with one attached hydrogen (secondary N) is 1. The van der Waals surface area contributed by atoms with Gasteiger partial charge in [-0.05, 0) is 53.6 Å². The van der Waals surface area contributed by atoms with Gasteiger partial charge >= 0.3 is 0 Å². The molecule has 34 heavy (non-hydrogen) atoms. The smallest absolute Gasteiger partial charge is 0.251 e. The third-order valence-electron chi connectivity index (χ3n) is 5.96. The normalized spacial score (nSPS) is 15.8. The van der Waals surface area contributed by atoms with Gasteiger partial charge < -0.3 is 10.1 Å². The van der Waals surface area contributed by atoms with Gasteiger partial charge in [0.2, 0.25) is 0 Å². The van der Waals surface area contributed by atoms with Crippen LogP contribution in [0.5, 0.6) is 0 Å². The molecule has 3 aromatic rings. The van der Waals surface area contributed by atoms with Crippen LogP contribution in [0.2, 0.25) is 0 Å². The van der Waals surface area contributed by atoms with E-state index < -0.39 is 0 Å². The molecule has 2 aromatic carbocycles. The molecule has 180 valence electrons. The molecule has 1 saturated heterocycles. The number of aryl methyl sites for hydroxylation is 1. The Kier molecular flexibility index (Phi) is 7.09. The zero-order valence-electron chi connectivity index (χ0n) is 20.7. The van der Waals surface area contributed by atoms with Crippen molar-refractivity contribution >= 4 is 5.91 Å². The first-order valence-electron chi connectivity index (χ1n) is 11.8. The number of tetrazole rings is 1. The molecule has 0 aliphatic carbocycles. The summed E-state index contributed by atoms with van der Waals surface area (Å²) >= 11 is 0. The van der Waals surface area contributed by atoms with Crippen molar-refractivity contribution < 1.29 is 9.53 Å². The second-order valence-corrected chi connectivity index (χ2v) is 10.1. The number of hydrogen-bond acceptors (Lipinski definition) is 6. The number of amides is 1. The third-order valence-corrected chi connectivity index (χ3v) is 5.96. The monoisotopic (exact) mass is 462 g/mol. The zero-order chi connectivity index (χ0) is 24.3. The zero-order valence-corrected chi connectivity index (χ0v) is 20.7. The number of ether oxygens (including phenoxy) is 1. The number of hydrogen-bond donors (Lipinski definition) is 1. The minimum absolute atomic E-state index is 0.00949. The van der Waals surface area contributed by atoms with Gasteiger partial charge in [-0.15, -0.1) is 5.10 Å². The van der Waals surface area contributed by atoms with Gasteiger partial charge in [-0.2, -0.15) is 4.68 Å². The number of nitrogens with zero attached hydrogens (tertiary/aromatic N) is 5. The molecule has 1 fully saturated rings. The number of carbonyl (C=O) groups is 1. The van der Waals surface area contributed by atoms with Gasteiger partial charge in [0, 0.05) is 36.7 Å². The van der Waals surface area contributed by atoms with E-state index in [0.717, 1.165) is 55.5 Å². The second kappa shape index (κ2) is 10.0. The van der Waals surface area contributed by atoms with E-state index in [9.17, 15) is 4.79 Å². The third kappa shape index (κ3) is 5.69. The molecule has 1 amide bonds. The quantitative estimate of drug-likeness (QED) is 0.605. The van der Waals surface area contributed by atoms with Crippen LogP contribution in [0, 0.1) is 6.92 Å². The predicted molar refractivity (Wildman–Crippen MR) is 132 cm³/mol. The Balaban J connectivity index is 1.66. The van der Waals surface area contributed by atoms with Crippen LogP contribution in [-0.4, -0.2) is 69.9 Å². The highest BCUT2D eigenvalue weighted by Crippen LogP contribution is 2.27. The lowest BCUT2D eigenvalue weighted by Crippen LogP contribution is -2.46. The molecule has 1 atom stereocenters. The van der Waals surface area contributed by atoms with Crippen LogP contribution in [0.1, 0.15) is 49.4 Å². The fourth-order valence-corrected chi connectivity index (χ4v) is 4.13. The SMILES string of the molecule is Cc1ccc(-c2cc(C(=O)N[C@H](C)CN3CCOCC3)cc(-n3nnnc3C(C)(C)C)c2)cc1. The predicted octanol–water partition coefficient (Wildman–Crippen LogP) is 3.39. The summed E-state index contributed by atoms with van der Waals surface area (Å²) in [5.74, 6) is 0.627.